The van der Waals surface area contributed by atoms with E-state index >= 15 is 0 Å². The van der Waals surface area contributed by atoms with Crippen LogP contribution < -0.4 is 5.32 Å². The molecule has 0 heterocycles. The van der Waals surface area contributed by atoms with Crippen molar-refractivity contribution in [3.05, 3.63) is 80.4 Å². The van der Waals surface area contributed by atoms with Crippen molar-refractivity contribution in [3.8, 4) is 0 Å². The molecule has 0 aromatic heterocycles. The maximum atomic E-state index is 11.8. The summed E-state index contributed by atoms with van der Waals surface area (Å²) in [5.74, 6) is -0.453. The third-order valence-electron chi connectivity index (χ3n) is 2.85. The number of nitrogens with one attached hydrogen (secondary N) is 1. The highest BCUT2D eigenvalue weighted by Crippen LogP contribution is 2.16. The normalized spacial score (nSPS) is 10.4. The fraction of sp³-hybridized carbons (Fsp3) is 0. The highest BCUT2D eigenvalue weighted by atomic mass is 16.6. The van der Waals surface area contributed by atoms with Gasteiger partial charge < -0.3 is 5.32 Å². The van der Waals surface area contributed by atoms with E-state index in [-0.39, 0.29) is 11.4 Å². The van der Waals surface area contributed by atoms with Crippen LogP contribution in [0.2, 0.25) is 0 Å². The van der Waals surface area contributed by atoms with Crippen molar-refractivity contribution in [2.45, 2.75) is 0 Å². The molecular formula is C15H11N3O5. The van der Waals surface area contributed by atoms with E-state index in [1.165, 1.54) is 54.6 Å². The van der Waals surface area contributed by atoms with Crippen LogP contribution in [0.5, 0.6) is 0 Å². The second-order valence-electron chi connectivity index (χ2n) is 4.48. The molecule has 0 atom stereocenters. The molecule has 0 radical (unpaired) electrons. The van der Waals surface area contributed by atoms with E-state index in [4.69, 9.17) is 0 Å². The van der Waals surface area contributed by atoms with Crippen LogP contribution in [-0.2, 0) is 4.79 Å². The Labute approximate surface area is 130 Å². The van der Waals surface area contributed by atoms with Crippen molar-refractivity contribution in [2.24, 2.45) is 0 Å². The van der Waals surface area contributed by atoms with Crippen molar-refractivity contribution < 1.29 is 14.6 Å². The molecule has 8 heteroatoms. The van der Waals surface area contributed by atoms with Gasteiger partial charge in [0.25, 0.3) is 11.4 Å². The molecule has 0 aliphatic rings. The summed E-state index contributed by atoms with van der Waals surface area (Å²) < 4.78 is 0. The molecule has 23 heavy (non-hydrogen) atoms. The number of carbonyl (C=O) groups excluding carboxylic acids is 1. The first-order chi connectivity index (χ1) is 11.0. The Bertz CT molecular complexity index is 784. The molecule has 0 bridgehead atoms. The first-order valence-electron chi connectivity index (χ1n) is 6.44. The summed E-state index contributed by atoms with van der Waals surface area (Å²) in [5.41, 5.74) is 0.778. The first kappa shape index (κ1) is 15.8. The molecule has 8 nitrogen and oxygen atoms in total. The van der Waals surface area contributed by atoms with Gasteiger partial charge in [0.2, 0.25) is 5.91 Å². The number of nitro groups is 2. The van der Waals surface area contributed by atoms with Crippen LogP contribution in [0.15, 0.2) is 54.6 Å². The third-order valence-corrected chi connectivity index (χ3v) is 2.85. The number of anilines is 1. The van der Waals surface area contributed by atoms with E-state index in [2.05, 4.69) is 5.32 Å². The second kappa shape index (κ2) is 6.94. The summed E-state index contributed by atoms with van der Waals surface area (Å²) >= 11 is 0. The number of nitro benzene ring substituents is 2. The Hall–Kier alpha value is -3.55. The molecule has 0 aliphatic carbocycles. The van der Waals surface area contributed by atoms with Gasteiger partial charge in [0.15, 0.2) is 0 Å². The maximum Gasteiger partial charge on any atom is 0.270 e. The van der Waals surface area contributed by atoms with Crippen molar-refractivity contribution in [1.82, 2.24) is 0 Å². The van der Waals surface area contributed by atoms with Gasteiger partial charge in [0.1, 0.15) is 0 Å². The number of benzene rings is 2. The molecule has 2 rings (SSSR count). The lowest BCUT2D eigenvalue weighted by atomic mass is 10.2. The lowest BCUT2D eigenvalue weighted by molar-refractivity contribution is -0.385. The Morgan fingerprint density at radius 1 is 0.957 bits per heavy atom. The van der Waals surface area contributed by atoms with Crippen LogP contribution in [0, 0.1) is 20.2 Å². The molecule has 1 N–H and O–H groups in total. The molecule has 1 amide bonds. The highest BCUT2D eigenvalue weighted by Gasteiger charge is 2.06. The van der Waals surface area contributed by atoms with Crippen LogP contribution in [0.3, 0.4) is 0 Å². The number of nitrogens with zero attached hydrogens (tertiary/aromatic N) is 2. The van der Waals surface area contributed by atoms with E-state index in [0.717, 1.165) is 0 Å². The van der Waals surface area contributed by atoms with E-state index in [1.54, 1.807) is 6.07 Å². The van der Waals surface area contributed by atoms with E-state index in [9.17, 15) is 25.0 Å². The van der Waals surface area contributed by atoms with Crippen LogP contribution in [0.4, 0.5) is 17.1 Å². The lowest BCUT2D eigenvalue weighted by Gasteiger charge is -2.01. The van der Waals surface area contributed by atoms with E-state index in [0.29, 0.717) is 11.3 Å². The number of carbonyl (C=O) groups is 1. The minimum Gasteiger partial charge on any atom is -0.323 e. The molecule has 2 aromatic rings. The van der Waals surface area contributed by atoms with E-state index < -0.39 is 15.8 Å². The van der Waals surface area contributed by atoms with Crippen LogP contribution in [0.1, 0.15) is 5.56 Å². The smallest absolute Gasteiger partial charge is 0.270 e. The largest absolute Gasteiger partial charge is 0.323 e. The summed E-state index contributed by atoms with van der Waals surface area (Å²) in [4.78, 5) is 31.9. The summed E-state index contributed by atoms with van der Waals surface area (Å²) in [7, 11) is 0. The summed E-state index contributed by atoms with van der Waals surface area (Å²) in [6.07, 6.45) is 2.66. The fourth-order valence-electron chi connectivity index (χ4n) is 1.76. The SMILES string of the molecule is O=C(/C=C/c1cccc([N+](=O)[O-])c1)Nc1ccc([N+](=O)[O-])cc1. The molecule has 2 aromatic carbocycles. The van der Waals surface area contributed by atoms with Gasteiger partial charge in [-0.25, -0.2) is 0 Å². The third kappa shape index (κ3) is 4.46. The van der Waals surface area contributed by atoms with Crippen molar-refractivity contribution in [3.63, 3.8) is 0 Å². The quantitative estimate of drug-likeness (QED) is 0.517. The Morgan fingerprint density at radius 2 is 1.61 bits per heavy atom. The van der Waals surface area contributed by atoms with Gasteiger partial charge in [-0.2, -0.15) is 0 Å². The zero-order chi connectivity index (χ0) is 16.8. The zero-order valence-corrected chi connectivity index (χ0v) is 11.7. The predicted molar refractivity (Wildman–Crippen MR) is 83.9 cm³/mol. The highest BCUT2D eigenvalue weighted by molar-refractivity contribution is 6.02. The molecule has 0 unspecified atom stereocenters. The number of hydrogen-bond acceptors (Lipinski definition) is 5. The topological polar surface area (TPSA) is 115 Å². The number of amides is 1. The zero-order valence-electron chi connectivity index (χ0n) is 11.7. The Balaban J connectivity index is 2.02. The van der Waals surface area contributed by atoms with Crippen LogP contribution in [0.25, 0.3) is 6.08 Å². The maximum absolute atomic E-state index is 11.8. The van der Waals surface area contributed by atoms with Gasteiger partial charge in [0.05, 0.1) is 9.85 Å². The predicted octanol–water partition coefficient (Wildman–Crippen LogP) is 3.15. The summed E-state index contributed by atoms with van der Waals surface area (Å²) in [6, 6.07) is 11.2. The van der Waals surface area contributed by atoms with Crippen molar-refractivity contribution in [2.75, 3.05) is 5.32 Å². The summed E-state index contributed by atoms with van der Waals surface area (Å²) in [5, 5.41) is 23.7. The number of non-ortho nitro benzene ring substituents is 2. The molecule has 116 valence electrons. The average molecular weight is 313 g/mol. The number of hydrogen-bond donors (Lipinski definition) is 1. The van der Waals surface area contributed by atoms with Gasteiger partial charge in [-0.05, 0) is 23.8 Å². The monoisotopic (exact) mass is 313 g/mol. The van der Waals surface area contributed by atoms with Crippen molar-refractivity contribution >= 4 is 29.0 Å². The minimum absolute atomic E-state index is 0.0667. The van der Waals surface area contributed by atoms with Gasteiger partial charge in [-0.3, -0.25) is 25.0 Å². The van der Waals surface area contributed by atoms with Gasteiger partial charge in [-0.15, -0.1) is 0 Å². The van der Waals surface area contributed by atoms with Crippen LogP contribution >= 0.6 is 0 Å². The molecular weight excluding hydrogens is 302 g/mol. The Kier molecular flexibility index (Phi) is 4.78. The van der Waals surface area contributed by atoms with Gasteiger partial charge >= 0.3 is 0 Å². The molecule has 0 aliphatic heterocycles. The van der Waals surface area contributed by atoms with Gasteiger partial charge in [-0.1, -0.05) is 12.1 Å². The van der Waals surface area contributed by atoms with Crippen molar-refractivity contribution in [1.29, 1.82) is 0 Å². The molecule has 0 spiro atoms. The number of rotatable bonds is 5. The Morgan fingerprint density at radius 3 is 2.22 bits per heavy atom. The minimum atomic E-state index is -0.534. The second-order valence-corrected chi connectivity index (χ2v) is 4.48. The van der Waals surface area contributed by atoms with E-state index in [1.807, 2.05) is 0 Å². The standard InChI is InChI=1S/C15H11N3O5/c19-15(16-12-5-7-13(8-6-12)17(20)21)9-4-11-2-1-3-14(10-11)18(22)23/h1-10H,(H,16,19)/b9-4+. The summed E-state index contributed by atoms with van der Waals surface area (Å²) in [6.45, 7) is 0. The molecule has 0 saturated carbocycles. The molecule has 0 saturated heterocycles. The lowest BCUT2D eigenvalue weighted by Crippen LogP contribution is -2.07. The fourth-order valence-corrected chi connectivity index (χ4v) is 1.76. The molecule has 0 fully saturated rings. The first-order valence-corrected chi connectivity index (χ1v) is 6.44. The van der Waals surface area contributed by atoms with Gasteiger partial charge in [0, 0.05) is 36.0 Å². The van der Waals surface area contributed by atoms with Crippen LogP contribution in [-0.4, -0.2) is 15.8 Å². The average Bonchev–Trinajstić information content (AvgIpc) is 2.53.